The third kappa shape index (κ3) is 4.31. The SMILES string of the molecule is COCCN(CCOC)c1ccnc(C(=N)N)c1. The predicted molar refractivity (Wildman–Crippen MR) is 71.2 cm³/mol. The zero-order chi connectivity index (χ0) is 13.4. The second-order valence-electron chi connectivity index (χ2n) is 3.79. The summed E-state index contributed by atoms with van der Waals surface area (Å²) in [7, 11) is 3.34. The minimum absolute atomic E-state index is 0.0321. The molecule has 0 saturated heterocycles. The van der Waals surface area contributed by atoms with Gasteiger partial charge in [0, 0.05) is 39.2 Å². The highest BCUT2D eigenvalue weighted by Gasteiger charge is 2.08. The van der Waals surface area contributed by atoms with Gasteiger partial charge in [-0.1, -0.05) is 0 Å². The van der Waals surface area contributed by atoms with E-state index in [0.717, 1.165) is 18.8 Å². The first kappa shape index (κ1) is 14.4. The number of hydrogen-bond acceptors (Lipinski definition) is 5. The summed E-state index contributed by atoms with van der Waals surface area (Å²) >= 11 is 0. The van der Waals surface area contributed by atoms with Crippen LogP contribution in [0.15, 0.2) is 18.3 Å². The summed E-state index contributed by atoms with van der Waals surface area (Å²) in [5.41, 5.74) is 6.88. The van der Waals surface area contributed by atoms with Gasteiger partial charge in [-0.05, 0) is 12.1 Å². The van der Waals surface area contributed by atoms with Crippen LogP contribution >= 0.6 is 0 Å². The predicted octanol–water partition coefficient (Wildman–Crippen LogP) is 0.465. The Morgan fingerprint density at radius 3 is 2.44 bits per heavy atom. The number of aromatic nitrogens is 1. The van der Waals surface area contributed by atoms with Gasteiger partial charge in [-0.15, -0.1) is 0 Å². The largest absolute Gasteiger partial charge is 0.383 e. The van der Waals surface area contributed by atoms with Gasteiger partial charge < -0.3 is 20.1 Å². The van der Waals surface area contributed by atoms with E-state index in [1.54, 1.807) is 26.5 Å². The third-order valence-corrected chi connectivity index (χ3v) is 2.52. The summed E-state index contributed by atoms with van der Waals surface area (Å²) < 4.78 is 10.2. The molecule has 0 saturated carbocycles. The number of methoxy groups -OCH3 is 2. The minimum Gasteiger partial charge on any atom is -0.383 e. The Labute approximate surface area is 107 Å². The van der Waals surface area contributed by atoms with Crippen molar-refractivity contribution in [3.05, 3.63) is 24.0 Å². The molecule has 0 aliphatic heterocycles. The Kier molecular flexibility index (Phi) is 6.10. The highest BCUT2D eigenvalue weighted by atomic mass is 16.5. The molecule has 0 unspecified atom stereocenters. The van der Waals surface area contributed by atoms with Crippen molar-refractivity contribution in [3.8, 4) is 0 Å². The highest BCUT2D eigenvalue weighted by molar-refractivity contribution is 5.93. The van der Waals surface area contributed by atoms with Crippen LogP contribution in [0.3, 0.4) is 0 Å². The van der Waals surface area contributed by atoms with E-state index in [1.165, 1.54) is 0 Å². The summed E-state index contributed by atoms with van der Waals surface area (Å²) in [6.07, 6.45) is 1.65. The van der Waals surface area contributed by atoms with Crippen LogP contribution in [0.4, 0.5) is 5.69 Å². The van der Waals surface area contributed by atoms with Crippen LogP contribution in [0.2, 0.25) is 0 Å². The number of hydrogen-bond donors (Lipinski definition) is 2. The van der Waals surface area contributed by atoms with Crippen LogP contribution in [0.5, 0.6) is 0 Å². The molecule has 6 nitrogen and oxygen atoms in total. The van der Waals surface area contributed by atoms with Gasteiger partial charge in [0.2, 0.25) is 0 Å². The first-order chi connectivity index (χ1) is 8.69. The van der Waals surface area contributed by atoms with Gasteiger partial charge in [-0.2, -0.15) is 0 Å². The van der Waals surface area contributed by atoms with E-state index in [2.05, 4.69) is 9.88 Å². The highest BCUT2D eigenvalue weighted by Crippen LogP contribution is 2.14. The lowest BCUT2D eigenvalue weighted by atomic mass is 10.2. The quantitative estimate of drug-likeness (QED) is 0.519. The monoisotopic (exact) mass is 252 g/mol. The first-order valence-electron chi connectivity index (χ1n) is 5.72. The smallest absolute Gasteiger partial charge is 0.141 e. The molecule has 0 spiro atoms. The van der Waals surface area contributed by atoms with Gasteiger partial charge in [-0.3, -0.25) is 10.4 Å². The van der Waals surface area contributed by atoms with Gasteiger partial charge in [0.15, 0.2) is 0 Å². The van der Waals surface area contributed by atoms with Gasteiger partial charge in [0.1, 0.15) is 11.5 Å². The van der Waals surface area contributed by atoms with Crippen LogP contribution in [0, 0.1) is 5.41 Å². The molecule has 1 aromatic heterocycles. The second-order valence-corrected chi connectivity index (χ2v) is 3.79. The number of rotatable bonds is 8. The lowest BCUT2D eigenvalue weighted by molar-refractivity contribution is 0.190. The van der Waals surface area contributed by atoms with Gasteiger partial charge in [0.25, 0.3) is 0 Å². The fraction of sp³-hybridized carbons (Fsp3) is 0.500. The number of nitrogen functional groups attached to an aromatic ring is 1. The number of anilines is 1. The fourth-order valence-electron chi connectivity index (χ4n) is 1.54. The molecule has 0 aromatic carbocycles. The topological polar surface area (TPSA) is 84.5 Å². The third-order valence-electron chi connectivity index (χ3n) is 2.52. The lowest BCUT2D eigenvalue weighted by Gasteiger charge is -2.24. The van der Waals surface area contributed by atoms with E-state index in [1.807, 2.05) is 6.07 Å². The molecule has 0 aliphatic carbocycles. The fourth-order valence-corrected chi connectivity index (χ4v) is 1.54. The van der Waals surface area contributed by atoms with E-state index in [0.29, 0.717) is 18.9 Å². The molecule has 0 amide bonds. The maximum Gasteiger partial charge on any atom is 0.141 e. The van der Waals surface area contributed by atoms with Crippen molar-refractivity contribution in [1.82, 2.24) is 4.98 Å². The molecule has 0 bridgehead atoms. The second kappa shape index (κ2) is 7.62. The Bertz CT molecular complexity index is 376. The molecule has 0 fully saturated rings. The van der Waals surface area contributed by atoms with E-state index in [-0.39, 0.29) is 5.84 Å². The van der Waals surface area contributed by atoms with Crippen LogP contribution in [-0.2, 0) is 9.47 Å². The number of amidine groups is 1. The number of nitrogens with zero attached hydrogens (tertiary/aromatic N) is 2. The molecule has 1 aromatic rings. The van der Waals surface area contributed by atoms with Crippen molar-refractivity contribution in [2.45, 2.75) is 0 Å². The van der Waals surface area contributed by atoms with E-state index in [9.17, 15) is 0 Å². The number of ether oxygens (including phenoxy) is 2. The average molecular weight is 252 g/mol. The van der Waals surface area contributed by atoms with E-state index >= 15 is 0 Å². The summed E-state index contributed by atoms with van der Waals surface area (Å²) in [6.45, 7) is 2.76. The molecule has 0 atom stereocenters. The average Bonchev–Trinajstić information content (AvgIpc) is 2.39. The standard InChI is InChI=1S/C12H20N4O2/c1-17-7-5-16(6-8-18-2)10-3-4-15-11(9-10)12(13)14/h3-4,9H,5-8H2,1-2H3,(H3,13,14). The molecule has 100 valence electrons. The summed E-state index contributed by atoms with van der Waals surface area (Å²) in [5.74, 6) is -0.0321. The van der Waals surface area contributed by atoms with Crippen molar-refractivity contribution in [3.63, 3.8) is 0 Å². The molecule has 6 heteroatoms. The van der Waals surface area contributed by atoms with Crippen LogP contribution < -0.4 is 10.6 Å². The Morgan fingerprint density at radius 2 is 1.94 bits per heavy atom. The number of nitrogens with one attached hydrogen (secondary N) is 1. The zero-order valence-corrected chi connectivity index (χ0v) is 10.8. The van der Waals surface area contributed by atoms with Gasteiger partial charge in [-0.25, -0.2) is 0 Å². The maximum absolute atomic E-state index is 7.40. The molecular weight excluding hydrogens is 232 g/mol. The first-order valence-corrected chi connectivity index (χ1v) is 5.72. The van der Waals surface area contributed by atoms with Crippen LogP contribution in [0.1, 0.15) is 5.69 Å². The zero-order valence-electron chi connectivity index (χ0n) is 10.8. The number of nitrogens with two attached hydrogens (primary N) is 1. The molecule has 0 aliphatic rings. The van der Waals surface area contributed by atoms with Gasteiger partial charge in [0.05, 0.1) is 13.2 Å². The normalized spacial score (nSPS) is 10.3. The molecule has 18 heavy (non-hydrogen) atoms. The lowest BCUT2D eigenvalue weighted by Crippen LogP contribution is -2.31. The van der Waals surface area contributed by atoms with Crippen LogP contribution in [0.25, 0.3) is 0 Å². The van der Waals surface area contributed by atoms with Gasteiger partial charge >= 0.3 is 0 Å². The maximum atomic E-state index is 7.40. The Balaban J connectivity index is 2.82. The van der Waals surface area contributed by atoms with Crippen molar-refractivity contribution in [2.75, 3.05) is 45.4 Å². The summed E-state index contributed by atoms with van der Waals surface area (Å²) in [5, 5.41) is 7.40. The molecule has 1 rings (SSSR count). The van der Waals surface area contributed by atoms with Crippen molar-refractivity contribution >= 4 is 11.5 Å². The van der Waals surface area contributed by atoms with Crippen molar-refractivity contribution in [1.29, 1.82) is 5.41 Å². The van der Waals surface area contributed by atoms with Crippen LogP contribution in [-0.4, -0.2) is 51.3 Å². The minimum atomic E-state index is -0.0321. The molecular formula is C12H20N4O2. The Hall–Kier alpha value is -1.66. The van der Waals surface area contributed by atoms with Crippen molar-refractivity contribution < 1.29 is 9.47 Å². The van der Waals surface area contributed by atoms with Crippen molar-refractivity contribution in [2.24, 2.45) is 5.73 Å². The molecule has 3 N–H and O–H groups in total. The summed E-state index contributed by atoms with van der Waals surface area (Å²) in [4.78, 5) is 6.16. The summed E-state index contributed by atoms with van der Waals surface area (Å²) in [6, 6.07) is 3.69. The Morgan fingerprint density at radius 1 is 1.33 bits per heavy atom. The van der Waals surface area contributed by atoms with E-state index < -0.39 is 0 Å². The van der Waals surface area contributed by atoms with E-state index in [4.69, 9.17) is 20.6 Å². The molecule has 1 heterocycles. The molecule has 0 radical (unpaired) electrons. The number of pyridine rings is 1.